The Morgan fingerprint density at radius 3 is 2.25 bits per heavy atom. The summed E-state index contributed by atoms with van der Waals surface area (Å²) in [4.78, 5) is 26.4. The lowest BCUT2D eigenvalue weighted by Crippen LogP contribution is -2.36. The summed E-state index contributed by atoms with van der Waals surface area (Å²) >= 11 is 0. The molecule has 1 aliphatic rings. The van der Waals surface area contributed by atoms with Crippen LogP contribution in [0.4, 0.5) is 5.69 Å². The summed E-state index contributed by atoms with van der Waals surface area (Å²) in [6.45, 7) is 3.17. The molecular formula is C19H20N2O3. The molecule has 1 amide bonds. The van der Waals surface area contributed by atoms with Crippen molar-refractivity contribution in [2.24, 2.45) is 0 Å². The van der Waals surface area contributed by atoms with Crippen LogP contribution in [0, 0.1) is 0 Å². The molecule has 1 heterocycles. The van der Waals surface area contributed by atoms with Crippen molar-refractivity contribution in [2.75, 3.05) is 37.7 Å². The number of rotatable bonds is 5. The SMILES string of the molecule is O=C(CNC(=O)c1ccccc1)c1ccc(N2CCOCC2)cc1. The minimum Gasteiger partial charge on any atom is -0.378 e. The zero-order valence-electron chi connectivity index (χ0n) is 13.4. The van der Waals surface area contributed by atoms with Gasteiger partial charge in [-0.05, 0) is 36.4 Å². The third-order valence-electron chi connectivity index (χ3n) is 4.01. The van der Waals surface area contributed by atoms with Gasteiger partial charge in [-0.15, -0.1) is 0 Å². The normalized spacial score (nSPS) is 14.2. The van der Waals surface area contributed by atoms with Gasteiger partial charge < -0.3 is 15.0 Å². The molecule has 0 aromatic heterocycles. The van der Waals surface area contributed by atoms with Crippen LogP contribution in [0.15, 0.2) is 54.6 Å². The van der Waals surface area contributed by atoms with Gasteiger partial charge in [-0.3, -0.25) is 9.59 Å². The van der Waals surface area contributed by atoms with Gasteiger partial charge in [0.2, 0.25) is 0 Å². The fourth-order valence-electron chi connectivity index (χ4n) is 2.63. The molecule has 1 N–H and O–H groups in total. The predicted octanol–water partition coefficient (Wildman–Crippen LogP) is 2.14. The van der Waals surface area contributed by atoms with Gasteiger partial charge in [0.15, 0.2) is 5.78 Å². The molecule has 24 heavy (non-hydrogen) atoms. The van der Waals surface area contributed by atoms with Gasteiger partial charge in [0.1, 0.15) is 0 Å². The minimum absolute atomic E-state index is 0.00930. The Morgan fingerprint density at radius 1 is 0.917 bits per heavy atom. The van der Waals surface area contributed by atoms with Crippen LogP contribution in [0.3, 0.4) is 0 Å². The van der Waals surface area contributed by atoms with Gasteiger partial charge in [-0.1, -0.05) is 18.2 Å². The molecule has 2 aromatic carbocycles. The highest BCUT2D eigenvalue weighted by Crippen LogP contribution is 2.16. The Kier molecular flexibility index (Phi) is 5.23. The smallest absolute Gasteiger partial charge is 0.251 e. The molecule has 0 aliphatic carbocycles. The highest BCUT2D eigenvalue weighted by Gasteiger charge is 2.13. The van der Waals surface area contributed by atoms with Crippen molar-refractivity contribution in [3.8, 4) is 0 Å². The number of amides is 1. The fraction of sp³-hybridized carbons (Fsp3) is 0.263. The van der Waals surface area contributed by atoms with Gasteiger partial charge in [0.05, 0.1) is 19.8 Å². The third kappa shape index (κ3) is 4.00. The predicted molar refractivity (Wildman–Crippen MR) is 92.6 cm³/mol. The molecule has 124 valence electrons. The maximum atomic E-state index is 12.2. The molecule has 0 unspecified atom stereocenters. The van der Waals surface area contributed by atoms with Crippen LogP contribution in [0.5, 0.6) is 0 Å². The summed E-state index contributed by atoms with van der Waals surface area (Å²) in [5.41, 5.74) is 2.23. The number of morpholine rings is 1. The van der Waals surface area contributed by atoms with E-state index in [4.69, 9.17) is 4.74 Å². The Bertz CT molecular complexity index is 692. The van der Waals surface area contributed by atoms with E-state index in [0.29, 0.717) is 11.1 Å². The van der Waals surface area contributed by atoms with Crippen molar-refractivity contribution >= 4 is 17.4 Å². The van der Waals surface area contributed by atoms with Crippen molar-refractivity contribution in [1.29, 1.82) is 0 Å². The monoisotopic (exact) mass is 324 g/mol. The highest BCUT2D eigenvalue weighted by atomic mass is 16.5. The van der Waals surface area contributed by atoms with Crippen LogP contribution in [0.1, 0.15) is 20.7 Å². The van der Waals surface area contributed by atoms with Crippen molar-refractivity contribution in [3.05, 3.63) is 65.7 Å². The lowest BCUT2D eigenvalue weighted by atomic mass is 10.1. The molecule has 2 aromatic rings. The molecule has 1 aliphatic heterocycles. The van der Waals surface area contributed by atoms with E-state index in [-0.39, 0.29) is 18.2 Å². The molecule has 3 rings (SSSR count). The van der Waals surface area contributed by atoms with E-state index >= 15 is 0 Å². The summed E-state index contributed by atoms with van der Waals surface area (Å²) < 4.78 is 5.34. The first kappa shape index (κ1) is 16.2. The van der Waals surface area contributed by atoms with E-state index < -0.39 is 0 Å². The number of carbonyl (C=O) groups excluding carboxylic acids is 2. The average molecular weight is 324 g/mol. The van der Waals surface area contributed by atoms with Crippen LogP contribution in [-0.2, 0) is 4.74 Å². The largest absolute Gasteiger partial charge is 0.378 e. The fourth-order valence-corrected chi connectivity index (χ4v) is 2.63. The van der Waals surface area contributed by atoms with Crippen LogP contribution >= 0.6 is 0 Å². The number of benzene rings is 2. The number of anilines is 1. The van der Waals surface area contributed by atoms with Crippen LogP contribution < -0.4 is 10.2 Å². The number of ketones is 1. The van der Waals surface area contributed by atoms with Crippen molar-refractivity contribution in [2.45, 2.75) is 0 Å². The van der Waals surface area contributed by atoms with Crippen molar-refractivity contribution < 1.29 is 14.3 Å². The molecule has 0 atom stereocenters. The molecule has 5 nitrogen and oxygen atoms in total. The van der Waals surface area contributed by atoms with E-state index in [1.54, 1.807) is 24.3 Å². The minimum atomic E-state index is -0.242. The topological polar surface area (TPSA) is 58.6 Å². The van der Waals surface area contributed by atoms with Crippen molar-refractivity contribution in [1.82, 2.24) is 5.32 Å². The molecule has 0 spiro atoms. The van der Waals surface area contributed by atoms with Crippen LogP contribution in [-0.4, -0.2) is 44.5 Å². The number of carbonyl (C=O) groups is 2. The summed E-state index contributed by atoms with van der Waals surface area (Å²) in [6.07, 6.45) is 0. The first-order valence-corrected chi connectivity index (χ1v) is 8.03. The zero-order chi connectivity index (χ0) is 16.8. The standard InChI is InChI=1S/C19H20N2O3/c22-18(14-20-19(23)16-4-2-1-3-5-16)15-6-8-17(9-7-15)21-10-12-24-13-11-21/h1-9H,10-14H2,(H,20,23). The molecule has 1 fully saturated rings. The molecule has 1 saturated heterocycles. The first-order chi connectivity index (χ1) is 11.7. The van der Waals surface area contributed by atoms with Crippen molar-refractivity contribution in [3.63, 3.8) is 0 Å². The van der Waals surface area contributed by atoms with Crippen LogP contribution in [0.25, 0.3) is 0 Å². The Balaban J connectivity index is 1.56. The number of ether oxygens (including phenoxy) is 1. The maximum Gasteiger partial charge on any atom is 0.251 e. The number of Topliss-reactive ketones (excluding diaryl/α,β-unsaturated/α-hetero) is 1. The van der Waals surface area contributed by atoms with Gasteiger partial charge in [0.25, 0.3) is 5.91 Å². The van der Waals surface area contributed by atoms with E-state index in [1.165, 1.54) is 0 Å². The summed E-state index contributed by atoms with van der Waals surface area (Å²) in [5.74, 6) is -0.346. The van der Waals surface area contributed by atoms with E-state index in [0.717, 1.165) is 32.0 Å². The second-order valence-corrected chi connectivity index (χ2v) is 5.62. The summed E-state index contributed by atoms with van der Waals surface area (Å²) in [6, 6.07) is 16.4. The Labute approximate surface area is 141 Å². The van der Waals surface area contributed by atoms with E-state index in [9.17, 15) is 9.59 Å². The molecule has 0 radical (unpaired) electrons. The average Bonchev–Trinajstić information content (AvgIpc) is 2.67. The number of nitrogens with one attached hydrogen (secondary N) is 1. The maximum absolute atomic E-state index is 12.2. The molecule has 0 saturated carbocycles. The van der Waals surface area contributed by atoms with Gasteiger partial charge in [0, 0.05) is 29.9 Å². The second kappa shape index (κ2) is 7.75. The van der Waals surface area contributed by atoms with Crippen LogP contribution in [0.2, 0.25) is 0 Å². The Morgan fingerprint density at radius 2 is 1.58 bits per heavy atom. The first-order valence-electron chi connectivity index (χ1n) is 8.03. The van der Waals surface area contributed by atoms with E-state index in [1.807, 2.05) is 30.3 Å². The van der Waals surface area contributed by atoms with Gasteiger partial charge >= 0.3 is 0 Å². The summed E-state index contributed by atoms with van der Waals surface area (Å²) in [5, 5.41) is 2.66. The quantitative estimate of drug-likeness (QED) is 0.856. The number of hydrogen-bond acceptors (Lipinski definition) is 4. The molecular weight excluding hydrogens is 304 g/mol. The summed E-state index contributed by atoms with van der Waals surface area (Å²) in [7, 11) is 0. The second-order valence-electron chi connectivity index (χ2n) is 5.62. The molecule has 5 heteroatoms. The number of hydrogen-bond donors (Lipinski definition) is 1. The molecule has 0 bridgehead atoms. The lowest BCUT2D eigenvalue weighted by Gasteiger charge is -2.28. The highest BCUT2D eigenvalue weighted by molar-refractivity contribution is 6.02. The lowest BCUT2D eigenvalue weighted by molar-refractivity contribution is 0.0904. The van der Waals surface area contributed by atoms with Gasteiger partial charge in [-0.25, -0.2) is 0 Å². The zero-order valence-corrected chi connectivity index (χ0v) is 13.4. The van der Waals surface area contributed by atoms with Gasteiger partial charge in [-0.2, -0.15) is 0 Å². The third-order valence-corrected chi connectivity index (χ3v) is 4.01. The van der Waals surface area contributed by atoms with E-state index in [2.05, 4.69) is 10.2 Å². The number of nitrogens with zero attached hydrogens (tertiary/aromatic N) is 1. The Hall–Kier alpha value is -2.66.